The van der Waals surface area contributed by atoms with E-state index in [0.29, 0.717) is 17.8 Å². The zero-order valence-electron chi connectivity index (χ0n) is 15.3. The summed E-state index contributed by atoms with van der Waals surface area (Å²) in [7, 11) is 0. The van der Waals surface area contributed by atoms with Gasteiger partial charge in [0.2, 0.25) is 5.91 Å². The zero-order chi connectivity index (χ0) is 22.3. The Labute approximate surface area is 166 Å². The average Bonchev–Trinajstić information content (AvgIpc) is 2.60. The second kappa shape index (κ2) is 7.54. The fourth-order valence-electron chi connectivity index (χ4n) is 2.90. The fraction of sp³-hybridized carbons (Fsp3) is 0.263. The molecule has 2 aromatic carbocycles. The number of alkyl halides is 6. The first-order valence-corrected chi connectivity index (χ1v) is 8.48. The Kier molecular flexibility index (Phi) is 5.40. The minimum atomic E-state index is -5.03. The first kappa shape index (κ1) is 21.5. The van der Waals surface area contributed by atoms with Crippen LogP contribution >= 0.6 is 0 Å². The van der Waals surface area contributed by atoms with E-state index in [2.05, 4.69) is 0 Å². The SMILES string of the molecule is Cc1ccc2c(c1)N(CC(=O)Nc1cc(C(F)(F)F)cc(C(F)(F)F)c1)CC(=O)O2. The molecule has 30 heavy (non-hydrogen) atoms. The molecule has 0 fully saturated rings. The zero-order valence-corrected chi connectivity index (χ0v) is 15.3. The molecule has 0 aromatic heterocycles. The normalized spacial score (nSPS) is 14.2. The Hall–Kier alpha value is -3.24. The van der Waals surface area contributed by atoms with Crippen LogP contribution in [-0.4, -0.2) is 25.0 Å². The Morgan fingerprint density at radius 2 is 1.63 bits per heavy atom. The van der Waals surface area contributed by atoms with Gasteiger partial charge >= 0.3 is 18.3 Å². The summed E-state index contributed by atoms with van der Waals surface area (Å²) in [5, 5.41) is 2.04. The molecule has 0 radical (unpaired) electrons. The van der Waals surface area contributed by atoms with Crippen molar-refractivity contribution in [2.24, 2.45) is 0 Å². The van der Waals surface area contributed by atoms with Crippen LogP contribution in [0.15, 0.2) is 36.4 Å². The monoisotopic (exact) mass is 432 g/mol. The van der Waals surface area contributed by atoms with E-state index in [9.17, 15) is 35.9 Å². The maximum atomic E-state index is 13.0. The average molecular weight is 432 g/mol. The number of hydrogen-bond acceptors (Lipinski definition) is 4. The molecule has 0 saturated carbocycles. The van der Waals surface area contributed by atoms with E-state index in [1.54, 1.807) is 19.1 Å². The Bertz CT molecular complexity index is 968. The van der Waals surface area contributed by atoms with Crippen LogP contribution in [0.2, 0.25) is 0 Å². The molecule has 0 bridgehead atoms. The number of hydrogen-bond donors (Lipinski definition) is 1. The molecule has 1 N–H and O–H groups in total. The predicted molar refractivity (Wildman–Crippen MR) is 94.1 cm³/mol. The van der Waals surface area contributed by atoms with Gasteiger partial charge in [-0.1, -0.05) is 6.07 Å². The number of anilines is 2. The van der Waals surface area contributed by atoms with E-state index in [1.807, 2.05) is 5.32 Å². The van der Waals surface area contributed by atoms with E-state index in [-0.39, 0.29) is 18.4 Å². The van der Waals surface area contributed by atoms with Crippen molar-refractivity contribution in [2.75, 3.05) is 23.3 Å². The number of fused-ring (bicyclic) bond motifs is 1. The second-order valence-electron chi connectivity index (χ2n) is 6.64. The Morgan fingerprint density at radius 3 is 2.20 bits per heavy atom. The summed E-state index contributed by atoms with van der Waals surface area (Å²) in [6.07, 6.45) is -10.1. The third kappa shape index (κ3) is 4.84. The van der Waals surface area contributed by atoms with Gasteiger partial charge in [0.25, 0.3) is 0 Å². The van der Waals surface area contributed by atoms with Crippen molar-refractivity contribution in [1.29, 1.82) is 0 Å². The van der Waals surface area contributed by atoms with Gasteiger partial charge < -0.3 is 15.0 Å². The molecule has 11 heteroatoms. The number of nitrogens with zero attached hydrogens (tertiary/aromatic N) is 1. The Balaban J connectivity index is 1.85. The molecule has 2 aromatic rings. The second-order valence-corrected chi connectivity index (χ2v) is 6.64. The van der Waals surface area contributed by atoms with Gasteiger partial charge in [0.1, 0.15) is 6.54 Å². The van der Waals surface area contributed by atoms with Gasteiger partial charge in [-0.25, -0.2) is 4.79 Å². The first-order valence-electron chi connectivity index (χ1n) is 8.48. The summed E-state index contributed by atoms with van der Waals surface area (Å²) >= 11 is 0. The van der Waals surface area contributed by atoms with E-state index in [0.717, 1.165) is 5.56 Å². The number of carbonyl (C=O) groups is 2. The minimum absolute atomic E-state index is 0.0324. The van der Waals surface area contributed by atoms with Crippen molar-refractivity contribution in [3.63, 3.8) is 0 Å². The smallest absolute Gasteiger partial charge is 0.416 e. The molecule has 0 unspecified atom stereocenters. The van der Waals surface area contributed by atoms with Crippen LogP contribution in [0.25, 0.3) is 0 Å². The number of carbonyl (C=O) groups excluding carboxylic acids is 2. The first-order chi connectivity index (χ1) is 13.8. The third-order valence-corrected chi connectivity index (χ3v) is 4.20. The molecule has 1 heterocycles. The molecular formula is C19H14F6N2O3. The molecule has 3 rings (SSSR count). The lowest BCUT2D eigenvalue weighted by molar-refractivity contribution is -0.143. The maximum Gasteiger partial charge on any atom is 0.416 e. The highest BCUT2D eigenvalue weighted by atomic mass is 19.4. The molecule has 160 valence electrons. The summed E-state index contributed by atoms with van der Waals surface area (Å²) in [5.41, 5.74) is -2.55. The molecule has 0 saturated heterocycles. The standard InChI is InChI=1S/C19H14F6N2O3/c1-10-2-3-15-14(4-10)27(9-17(29)30-15)8-16(28)26-13-6-11(18(20,21)22)5-12(7-13)19(23,24)25/h2-7H,8-9H2,1H3,(H,26,28). The topological polar surface area (TPSA) is 58.6 Å². The van der Waals surface area contributed by atoms with Crippen molar-refractivity contribution in [2.45, 2.75) is 19.3 Å². The van der Waals surface area contributed by atoms with Crippen molar-refractivity contribution < 1.29 is 40.7 Å². The van der Waals surface area contributed by atoms with Crippen LogP contribution in [0.5, 0.6) is 5.75 Å². The van der Waals surface area contributed by atoms with Crippen LogP contribution in [0, 0.1) is 6.92 Å². The van der Waals surface area contributed by atoms with E-state index in [4.69, 9.17) is 4.74 Å². The summed E-state index contributed by atoms with van der Waals surface area (Å²) in [5.74, 6) is -1.36. The van der Waals surface area contributed by atoms with Crippen LogP contribution < -0.4 is 15.0 Å². The quantitative estimate of drug-likeness (QED) is 0.444. The van der Waals surface area contributed by atoms with Gasteiger partial charge in [0, 0.05) is 5.69 Å². The summed E-state index contributed by atoms with van der Waals surface area (Å²) in [6.45, 7) is 0.972. The van der Waals surface area contributed by atoms with E-state index in [1.165, 1.54) is 11.0 Å². The predicted octanol–water partition coefficient (Wildman–Crippen LogP) is 4.40. The molecule has 1 amide bonds. The van der Waals surface area contributed by atoms with E-state index >= 15 is 0 Å². The summed E-state index contributed by atoms with van der Waals surface area (Å²) < 4.78 is 82.8. The lowest BCUT2D eigenvalue weighted by atomic mass is 10.1. The number of esters is 1. The van der Waals surface area contributed by atoms with Gasteiger partial charge in [0.05, 0.1) is 23.4 Å². The molecule has 1 aliphatic heterocycles. The number of ether oxygens (including phenoxy) is 1. The number of nitrogens with one attached hydrogen (secondary N) is 1. The van der Waals surface area contributed by atoms with Gasteiger partial charge in [-0.15, -0.1) is 0 Å². The maximum absolute atomic E-state index is 13.0. The number of halogens is 6. The van der Waals surface area contributed by atoms with Gasteiger partial charge in [-0.3, -0.25) is 4.79 Å². The number of rotatable bonds is 3. The largest absolute Gasteiger partial charge is 0.423 e. The molecule has 1 aliphatic rings. The highest BCUT2D eigenvalue weighted by Crippen LogP contribution is 2.38. The summed E-state index contributed by atoms with van der Waals surface area (Å²) in [6, 6.07) is 5.63. The number of benzene rings is 2. The number of amides is 1. The van der Waals surface area contributed by atoms with Crippen LogP contribution in [-0.2, 0) is 21.9 Å². The molecule has 0 spiro atoms. The van der Waals surface area contributed by atoms with Gasteiger partial charge in [-0.05, 0) is 42.8 Å². The number of aryl methyl sites for hydroxylation is 1. The van der Waals surface area contributed by atoms with Gasteiger partial charge in [0.15, 0.2) is 5.75 Å². The van der Waals surface area contributed by atoms with Crippen molar-refractivity contribution in [3.05, 3.63) is 53.1 Å². The Morgan fingerprint density at radius 1 is 1.03 bits per heavy atom. The minimum Gasteiger partial charge on any atom is -0.423 e. The molecule has 0 atom stereocenters. The van der Waals surface area contributed by atoms with Crippen LogP contribution in [0.1, 0.15) is 16.7 Å². The molecule has 0 aliphatic carbocycles. The lowest BCUT2D eigenvalue weighted by Crippen LogP contribution is -2.41. The third-order valence-electron chi connectivity index (χ3n) is 4.20. The highest BCUT2D eigenvalue weighted by molar-refractivity contribution is 5.96. The molecule has 5 nitrogen and oxygen atoms in total. The highest BCUT2D eigenvalue weighted by Gasteiger charge is 2.37. The summed E-state index contributed by atoms with van der Waals surface area (Å²) in [4.78, 5) is 25.4. The molecular weight excluding hydrogens is 418 g/mol. The lowest BCUT2D eigenvalue weighted by Gasteiger charge is -2.29. The van der Waals surface area contributed by atoms with Crippen molar-refractivity contribution in [3.8, 4) is 5.75 Å². The van der Waals surface area contributed by atoms with Gasteiger partial charge in [-0.2, -0.15) is 26.3 Å². The van der Waals surface area contributed by atoms with Crippen molar-refractivity contribution in [1.82, 2.24) is 0 Å². The van der Waals surface area contributed by atoms with Crippen LogP contribution in [0.3, 0.4) is 0 Å². The van der Waals surface area contributed by atoms with Crippen LogP contribution in [0.4, 0.5) is 37.7 Å². The van der Waals surface area contributed by atoms with E-state index < -0.39 is 47.6 Å². The van der Waals surface area contributed by atoms with Crippen molar-refractivity contribution >= 4 is 23.3 Å². The fourth-order valence-corrected chi connectivity index (χ4v) is 2.90.